The van der Waals surface area contributed by atoms with Crippen molar-refractivity contribution >= 4 is 22.7 Å². The molecule has 0 fully saturated rings. The molecule has 0 N–H and O–H groups in total. The average Bonchev–Trinajstić information content (AvgIpc) is 2.36. The third kappa shape index (κ3) is 3.14. The first-order valence-corrected chi connectivity index (χ1v) is 7.23. The van der Waals surface area contributed by atoms with Gasteiger partial charge < -0.3 is 4.74 Å². The van der Waals surface area contributed by atoms with E-state index in [1.807, 2.05) is 6.92 Å². The Morgan fingerprint density at radius 2 is 1.88 bits per heavy atom. The van der Waals surface area contributed by atoms with Crippen molar-refractivity contribution < 1.29 is 13.2 Å². The van der Waals surface area contributed by atoms with Crippen LogP contribution in [-0.2, 0) is 10.0 Å². The van der Waals surface area contributed by atoms with E-state index < -0.39 is 10.0 Å². The predicted octanol–water partition coefficient (Wildman–Crippen LogP) is 1.63. The third-order valence-electron chi connectivity index (χ3n) is 2.62. The van der Waals surface area contributed by atoms with Crippen LogP contribution in [0.3, 0.4) is 0 Å². The summed E-state index contributed by atoms with van der Waals surface area (Å²) in [7, 11) is -0.350. The SMILES string of the molecule is COc1ccc(S(=O)(=O)N(C)C(C)CS)cc1. The van der Waals surface area contributed by atoms with Crippen molar-refractivity contribution in [2.45, 2.75) is 17.9 Å². The van der Waals surface area contributed by atoms with Crippen LogP contribution in [0.5, 0.6) is 5.75 Å². The minimum absolute atomic E-state index is 0.148. The molecule has 0 aliphatic rings. The number of thiol groups is 1. The second-order valence-corrected chi connectivity index (χ2v) is 6.09. The van der Waals surface area contributed by atoms with E-state index in [1.165, 1.54) is 16.4 Å². The number of methoxy groups -OCH3 is 1. The maximum Gasteiger partial charge on any atom is 0.243 e. The molecule has 96 valence electrons. The van der Waals surface area contributed by atoms with Gasteiger partial charge in [0.1, 0.15) is 5.75 Å². The van der Waals surface area contributed by atoms with Gasteiger partial charge in [0, 0.05) is 18.8 Å². The molecular formula is C11H17NO3S2. The van der Waals surface area contributed by atoms with Crippen LogP contribution in [0.25, 0.3) is 0 Å². The summed E-state index contributed by atoms with van der Waals surface area (Å²) in [5.74, 6) is 1.11. The van der Waals surface area contributed by atoms with Crippen LogP contribution in [0.2, 0.25) is 0 Å². The number of hydrogen-bond acceptors (Lipinski definition) is 4. The standard InChI is InChI=1S/C11H17NO3S2/c1-9(8-16)12(2)17(13,14)11-6-4-10(15-3)5-7-11/h4-7,9,16H,8H2,1-3H3. The van der Waals surface area contributed by atoms with Gasteiger partial charge in [-0.2, -0.15) is 16.9 Å². The van der Waals surface area contributed by atoms with E-state index in [-0.39, 0.29) is 10.9 Å². The Hall–Kier alpha value is -0.720. The lowest BCUT2D eigenvalue weighted by molar-refractivity contribution is 0.411. The summed E-state index contributed by atoms with van der Waals surface area (Å²) in [6, 6.07) is 6.19. The van der Waals surface area contributed by atoms with E-state index in [0.29, 0.717) is 11.5 Å². The Morgan fingerprint density at radius 3 is 2.29 bits per heavy atom. The second-order valence-electron chi connectivity index (χ2n) is 3.73. The zero-order valence-corrected chi connectivity index (χ0v) is 11.8. The fourth-order valence-corrected chi connectivity index (χ4v) is 2.98. The predicted molar refractivity (Wildman–Crippen MR) is 71.3 cm³/mol. The fourth-order valence-electron chi connectivity index (χ4n) is 1.27. The van der Waals surface area contributed by atoms with Crippen LogP contribution in [0.4, 0.5) is 0 Å². The molecule has 0 aromatic heterocycles. The van der Waals surface area contributed by atoms with Crippen LogP contribution in [0, 0.1) is 0 Å². The van der Waals surface area contributed by atoms with Crippen molar-refractivity contribution in [3.63, 3.8) is 0 Å². The maximum atomic E-state index is 12.2. The molecule has 0 heterocycles. The van der Waals surface area contributed by atoms with Crippen LogP contribution in [0.15, 0.2) is 29.2 Å². The second kappa shape index (κ2) is 5.75. The topological polar surface area (TPSA) is 46.6 Å². The van der Waals surface area contributed by atoms with Gasteiger partial charge in [0.05, 0.1) is 12.0 Å². The van der Waals surface area contributed by atoms with Gasteiger partial charge in [0.25, 0.3) is 0 Å². The zero-order chi connectivity index (χ0) is 13.1. The average molecular weight is 275 g/mol. The smallest absolute Gasteiger partial charge is 0.243 e. The minimum atomic E-state index is -3.45. The highest BCUT2D eigenvalue weighted by Crippen LogP contribution is 2.20. The summed E-state index contributed by atoms with van der Waals surface area (Å²) in [4.78, 5) is 0.259. The van der Waals surface area contributed by atoms with Crippen molar-refractivity contribution in [1.29, 1.82) is 0 Å². The van der Waals surface area contributed by atoms with Crippen molar-refractivity contribution in [3.8, 4) is 5.75 Å². The molecule has 0 amide bonds. The molecular weight excluding hydrogens is 258 g/mol. The molecule has 1 aromatic rings. The molecule has 17 heavy (non-hydrogen) atoms. The molecule has 6 heteroatoms. The van der Waals surface area contributed by atoms with Gasteiger partial charge in [-0.15, -0.1) is 0 Å². The monoisotopic (exact) mass is 275 g/mol. The number of hydrogen-bond donors (Lipinski definition) is 1. The largest absolute Gasteiger partial charge is 0.497 e. The fraction of sp³-hybridized carbons (Fsp3) is 0.455. The third-order valence-corrected chi connectivity index (χ3v) is 5.14. The summed E-state index contributed by atoms with van der Waals surface area (Å²) in [5.41, 5.74) is 0. The Kier molecular flexibility index (Phi) is 4.85. The van der Waals surface area contributed by atoms with Crippen molar-refractivity contribution in [3.05, 3.63) is 24.3 Å². The summed E-state index contributed by atoms with van der Waals surface area (Å²) >= 11 is 4.10. The van der Waals surface area contributed by atoms with Gasteiger partial charge in [0.15, 0.2) is 0 Å². The van der Waals surface area contributed by atoms with Gasteiger partial charge >= 0.3 is 0 Å². The molecule has 1 rings (SSSR count). The van der Waals surface area contributed by atoms with Crippen LogP contribution in [-0.4, -0.2) is 38.7 Å². The van der Waals surface area contributed by atoms with Gasteiger partial charge in [-0.3, -0.25) is 0 Å². The van der Waals surface area contributed by atoms with E-state index in [4.69, 9.17) is 4.74 Å². The quantitative estimate of drug-likeness (QED) is 0.831. The van der Waals surface area contributed by atoms with E-state index in [2.05, 4.69) is 12.6 Å². The normalized spacial score (nSPS) is 13.7. The number of sulfonamides is 1. The molecule has 4 nitrogen and oxygen atoms in total. The van der Waals surface area contributed by atoms with Gasteiger partial charge in [-0.05, 0) is 31.2 Å². The summed E-state index contributed by atoms with van der Waals surface area (Å²) in [6.07, 6.45) is 0. The van der Waals surface area contributed by atoms with Crippen LogP contribution in [0.1, 0.15) is 6.92 Å². The number of ether oxygens (including phenoxy) is 1. The van der Waals surface area contributed by atoms with E-state index in [1.54, 1.807) is 26.3 Å². The van der Waals surface area contributed by atoms with E-state index in [0.717, 1.165) is 0 Å². The van der Waals surface area contributed by atoms with Crippen molar-refractivity contribution in [1.82, 2.24) is 4.31 Å². The van der Waals surface area contributed by atoms with E-state index in [9.17, 15) is 8.42 Å². The molecule has 0 bridgehead atoms. The van der Waals surface area contributed by atoms with Gasteiger partial charge in [0.2, 0.25) is 10.0 Å². The summed E-state index contributed by atoms with van der Waals surface area (Å²) in [6.45, 7) is 1.81. The van der Waals surface area contributed by atoms with Gasteiger partial charge in [-0.25, -0.2) is 8.42 Å². The lowest BCUT2D eigenvalue weighted by atomic mass is 10.3. The van der Waals surface area contributed by atoms with Crippen molar-refractivity contribution in [2.24, 2.45) is 0 Å². The zero-order valence-electron chi connectivity index (χ0n) is 10.1. The van der Waals surface area contributed by atoms with Gasteiger partial charge in [-0.1, -0.05) is 0 Å². The lowest BCUT2D eigenvalue weighted by Crippen LogP contribution is -2.36. The minimum Gasteiger partial charge on any atom is -0.497 e. The molecule has 0 aliphatic carbocycles. The maximum absolute atomic E-state index is 12.2. The van der Waals surface area contributed by atoms with E-state index >= 15 is 0 Å². The molecule has 1 unspecified atom stereocenters. The number of benzene rings is 1. The molecule has 1 atom stereocenters. The summed E-state index contributed by atoms with van der Waals surface area (Å²) < 4.78 is 30.7. The Morgan fingerprint density at radius 1 is 1.35 bits per heavy atom. The van der Waals surface area contributed by atoms with Crippen LogP contribution >= 0.6 is 12.6 Å². The van der Waals surface area contributed by atoms with Crippen LogP contribution < -0.4 is 4.74 Å². The molecule has 0 spiro atoms. The highest BCUT2D eigenvalue weighted by Gasteiger charge is 2.24. The molecule has 0 saturated heterocycles. The molecule has 0 saturated carbocycles. The molecule has 0 radical (unpaired) electrons. The molecule has 1 aromatic carbocycles. The first kappa shape index (κ1) is 14.3. The first-order chi connectivity index (χ1) is 7.93. The lowest BCUT2D eigenvalue weighted by Gasteiger charge is -2.22. The summed E-state index contributed by atoms with van der Waals surface area (Å²) in [5, 5.41) is 0. The highest BCUT2D eigenvalue weighted by atomic mass is 32.2. The Balaban J connectivity index is 3.04. The highest BCUT2D eigenvalue weighted by molar-refractivity contribution is 7.89. The first-order valence-electron chi connectivity index (χ1n) is 5.16. The Labute approximate surface area is 108 Å². The number of nitrogens with zero attached hydrogens (tertiary/aromatic N) is 1. The van der Waals surface area contributed by atoms with Crippen molar-refractivity contribution in [2.75, 3.05) is 19.9 Å². The number of rotatable bonds is 5. The molecule has 0 aliphatic heterocycles. The Bertz CT molecular complexity index is 456.